The zero-order valence-electron chi connectivity index (χ0n) is 17.1. The van der Waals surface area contributed by atoms with E-state index >= 15 is 0 Å². The van der Waals surface area contributed by atoms with Crippen molar-refractivity contribution in [3.63, 3.8) is 0 Å². The summed E-state index contributed by atoms with van der Waals surface area (Å²) in [4.78, 5) is 43.1. The summed E-state index contributed by atoms with van der Waals surface area (Å²) >= 11 is 3.39. The molecule has 1 N–H and O–H groups in total. The summed E-state index contributed by atoms with van der Waals surface area (Å²) in [5.41, 5.74) is 3.04. The van der Waals surface area contributed by atoms with Crippen LogP contribution in [0.3, 0.4) is 0 Å². The van der Waals surface area contributed by atoms with E-state index in [1.54, 1.807) is 19.2 Å². The average Bonchev–Trinajstić information content (AvgIpc) is 2.70. The third-order valence-electron chi connectivity index (χ3n) is 4.89. The zero-order valence-corrected chi connectivity index (χ0v) is 18.7. The molecule has 7 nitrogen and oxygen atoms in total. The number of likely N-dealkylation sites (N-methyl/N-ethyl adjacent to an activating group) is 1. The molecule has 3 rings (SSSR count). The molecule has 0 radical (unpaired) electrons. The highest BCUT2D eigenvalue weighted by Gasteiger charge is 2.15. The van der Waals surface area contributed by atoms with E-state index in [9.17, 15) is 14.4 Å². The number of carbonyl (C=O) groups is 2. The summed E-state index contributed by atoms with van der Waals surface area (Å²) in [7, 11) is 1.57. The lowest BCUT2D eigenvalue weighted by molar-refractivity contribution is -0.133. The summed E-state index contributed by atoms with van der Waals surface area (Å²) in [6.45, 7) is 3.93. The molecule has 8 heteroatoms. The summed E-state index contributed by atoms with van der Waals surface area (Å²) in [5.74, 6) is -0.509. The van der Waals surface area contributed by atoms with Crippen molar-refractivity contribution in [2.45, 2.75) is 26.8 Å². The molecular formula is C22H23BrN4O3. The van der Waals surface area contributed by atoms with Crippen molar-refractivity contribution >= 4 is 44.3 Å². The second kappa shape index (κ2) is 9.21. The largest absolute Gasteiger partial charge is 0.336 e. The van der Waals surface area contributed by atoms with Crippen molar-refractivity contribution < 1.29 is 9.59 Å². The van der Waals surface area contributed by atoms with Gasteiger partial charge in [-0.3, -0.25) is 19.0 Å². The van der Waals surface area contributed by atoms with E-state index in [0.29, 0.717) is 16.6 Å². The number of amides is 2. The highest BCUT2D eigenvalue weighted by Crippen LogP contribution is 2.20. The van der Waals surface area contributed by atoms with Crippen molar-refractivity contribution in [1.82, 2.24) is 14.5 Å². The quantitative estimate of drug-likeness (QED) is 0.598. The second-order valence-electron chi connectivity index (χ2n) is 7.22. The van der Waals surface area contributed by atoms with Crippen LogP contribution in [0.5, 0.6) is 0 Å². The van der Waals surface area contributed by atoms with Crippen LogP contribution in [0.25, 0.3) is 10.9 Å². The average molecular weight is 471 g/mol. The molecule has 3 aromatic rings. The Labute approximate surface area is 182 Å². The number of carbonyl (C=O) groups excluding carboxylic acids is 2. The maximum absolute atomic E-state index is 12.6. The SMILES string of the molecule is Cc1cc(Br)ccc1NC(=O)CN(C)C(=O)CCn1cnc2c(C)cccc2c1=O. The molecule has 2 aromatic carbocycles. The van der Waals surface area contributed by atoms with Crippen molar-refractivity contribution in [2.24, 2.45) is 0 Å². The van der Waals surface area contributed by atoms with Crippen LogP contribution in [0, 0.1) is 13.8 Å². The van der Waals surface area contributed by atoms with Gasteiger partial charge in [-0.25, -0.2) is 4.98 Å². The minimum absolute atomic E-state index is 0.0710. The molecule has 0 unspecified atom stereocenters. The van der Waals surface area contributed by atoms with Crippen LogP contribution in [0.4, 0.5) is 5.69 Å². The van der Waals surface area contributed by atoms with Crippen LogP contribution >= 0.6 is 15.9 Å². The monoisotopic (exact) mass is 470 g/mol. The van der Waals surface area contributed by atoms with Gasteiger partial charge in [-0.05, 0) is 49.2 Å². The highest BCUT2D eigenvalue weighted by atomic mass is 79.9. The molecule has 0 spiro atoms. The maximum atomic E-state index is 12.6. The number of hydrogen-bond donors (Lipinski definition) is 1. The number of aryl methyl sites for hydroxylation is 3. The van der Waals surface area contributed by atoms with Crippen molar-refractivity contribution in [1.29, 1.82) is 0 Å². The van der Waals surface area contributed by atoms with Gasteiger partial charge in [-0.2, -0.15) is 0 Å². The van der Waals surface area contributed by atoms with Crippen molar-refractivity contribution in [2.75, 3.05) is 18.9 Å². The lowest BCUT2D eigenvalue weighted by Crippen LogP contribution is -2.36. The molecule has 1 aromatic heterocycles. The Bertz CT molecular complexity index is 1170. The molecule has 0 saturated heterocycles. The number of hydrogen-bond acceptors (Lipinski definition) is 4. The highest BCUT2D eigenvalue weighted by molar-refractivity contribution is 9.10. The van der Waals surface area contributed by atoms with E-state index in [1.165, 1.54) is 15.8 Å². The zero-order chi connectivity index (χ0) is 21.8. The summed E-state index contributed by atoms with van der Waals surface area (Å²) in [5, 5.41) is 3.34. The van der Waals surface area contributed by atoms with E-state index in [0.717, 1.165) is 15.6 Å². The van der Waals surface area contributed by atoms with Gasteiger partial charge in [0.25, 0.3) is 5.56 Å². The number of nitrogens with one attached hydrogen (secondary N) is 1. The van der Waals surface area contributed by atoms with Gasteiger partial charge in [0.15, 0.2) is 0 Å². The first-order valence-electron chi connectivity index (χ1n) is 9.51. The molecule has 30 heavy (non-hydrogen) atoms. The van der Waals surface area contributed by atoms with Crippen LogP contribution in [-0.4, -0.2) is 39.9 Å². The molecule has 156 valence electrons. The van der Waals surface area contributed by atoms with Gasteiger partial charge >= 0.3 is 0 Å². The third-order valence-corrected chi connectivity index (χ3v) is 5.38. The summed E-state index contributed by atoms with van der Waals surface area (Å²) in [6, 6.07) is 11.0. The first kappa shape index (κ1) is 21.7. The van der Waals surface area contributed by atoms with Crippen molar-refractivity contribution in [3.8, 4) is 0 Å². The molecule has 0 aliphatic carbocycles. The minimum atomic E-state index is -0.281. The fraction of sp³-hybridized carbons (Fsp3) is 0.273. The molecule has 0 saturated carbocycles. The molecule has 0 fully saturated rings. The van der Waals surface area contributed by atoms with Crippen LogP contribution in [0.15, 0.2) is 52.0 Å². The molecule has 2 amide bonds. The van der Waals surface area contributed by atoms with Crippen LogP contribution < -0.4 is 10.9 Å². The van der Waals surface area contributed by atoms with E-state index in [-0.39, 0.29) is 36.9 Å². The first-order chi connectivity index (χ1) is 14.3. The molecule has 0 aliphatic heterocycles. The smallest absolute Gasteiger partial charge is 0.261 e. The molecule has 0 atom stereocenters. The van der Waals surface area contributed by atoms with Crippen LogP contribution in [0.1, 0.15) is 17.5 Å². The second-order valence-corrected chi connectivity index (χ2v) is 8.14. The topological polar surface area (TPSA) is 84.3 Å². The van der Waals surface area contributed by atoms with E-state index in [4.69, 9.17) is 0 Å². The maximum Gasteiger partial charge on any atom is 0.261 e. The Kier molecular flexibility index (Phi) is 6.66. The molecule has 0 bridgehead atoms. The predicted octanol–water partition coefficient (Wildman–Crippen LogP) is 3.26. The Hall–Kier alpha value is -3.00. The third kappa shape index (κ3) is 4.94. The van der Waals surface area contributed by atoms with E-state index < -0.39 is 0 Å². The lowest BCUT2D eigenvalue weighted by Gasteiger charge is -2.18. The first-order valence-corrected chi connectivity index (χ1v) is 10.3. The number of halogens is 1. The standard InChI is InChI=1S/C22H23BrN4O3/c1-14-5-4-6-17-21(14)24-13-27(22(17)30)10-9-20(29)26(3)12-19(28)25-18-8-7-16(23)11-15(18)2/h4-8,11,13H,9-10,12H2,1-3H3,(H,25,28). The Balaban J connectivity index is 1.59. The number of benzene rings is 2. The summed E-state index contributed by atoms with van der Waals surface area (Å²) in [6.07, 6.45) is 1.56. The normalized spacial score (nSPS) is 10.8. The van der Waals surface area contributed by atoms with E-state index in [1.807, 2.05) is 38.1 Å². The Morgan fingerprint density at radius 3 is 2.67 bits per heavy atom. The lowest BCUT2D eigenvalue weighted by atomic mass is 10.1. The number of rotatable bonds is 6. The number of nitrogens with zero attached hydrogens (tertiary/aromatic N) is 3. The fourth-order valence-corrected chi connectivity index (χ4v) is 3.64. The van der Waals surface area contributed by atoms with Crippen molar-refractivity contribution in [3.05, 3.63) is 68.7 Å². The minimum Gasteiger partial charge on any atom is -0.336 e. The molecular weight excluding hydrogens is 448 g/mol. The fourth-order valence-electron chi connectivity index (χ4n) is 3.16. The number of anilines is 1. The van der Waals surface area contributed by atoms with Crippen LogP contribution in [-0.2, 0) is 16.1 Å². The van der Waals surface area contributed by atoms with Gasteiger partial charge in [0.1, 0.15) is 0 Å². The number of para-hydroxylation sites is 1. The number of aromatic nitrogens is 2. The Morgan fingerprint density at radius 1 is 1.17 bits per heavy atom. The van der Waals surface area contributed by atoms with Gasteiger partial charge in [-0.15, -0.1) is 0 Å². The molecule has 1 heterocycles. The van der Waals surface area contributed by atoms with Crippen LogP contribution in [0.2, 0.25) is 0 Å². The van der Waals surface area contributed by atoms with Gasteiger partial charge < -0.3 is 10.2 Å². The van der Waals surface area contributed by atoms with E-state index in [2.05, 4.69) is 26.2 Å². The molecule has 0 aliphatic rings. The van der Waals surface area contributed by atoms with Gasteiger partial charge in [0, 0.05) is 30.2 Å². The van der Waals surface area contributed by atoms with Gasteiger partial charge in [-0.1, -0.05) is 28.1 Å². The van der Waals surface area contributed by atoms with Gasteiger partial charge in [0.2, 0.25) is 11.8 Å². The number of fused-ring (bicyclic) bond motifs is 1. The van der Waals surface area contributed by atoms with Gasteiger partial charge in [0.05, 0.1) is 23.8 Å². The summed E-state index contributed by atoms with van der Waals surface area (Å²) < 4.78 is 2.36. The Morgan fingerprint density at radius 2 is 1.93 bits per heavy atom. The predicted molar refractivity (Wildman–Crippen MR) is 121 cm³/mol.